The van der Waals surface area contributed by atoms with Gasteiger partial charge < -0.3 is 19.3 Å². The number of fused-ring (bicyclic) bond motifs is 1. The molecule has 0 spiro atoms. The normalized spacial score (nSPS) is 13.9. The summed E-state index contributed by atoms with van der Waals surface area (Å²) in [4.78, 5) is 34.9. The third kappa shape index (κ3) is 5.75. The van der Waals surface area contributed by atoms with Crippen LogP contribution in [0.3, 0.4) is 0 Å². The second-order valence-corrected chi connectivity index (χ2v) is 11.1. The van der Waals surface area contributed by atoms with Gasteiger partial charge in [0.15, 0.2) is 0 Å². The Bertz CT molecular complexity index is 1590. The summed E-state index contributed by atoms with van der Waals surface area (Å²) < 4.78 is 28.2. The molecule has 2 amide bonds. The van der Waals surface area contributed by atoms with Gasteiger partial charge in [-0.25, -0.2) is 9.18 Å². The highest BCUT2D eigenvalue weighted by Crippen LogP contribution is 2.40. The van der Waals surface area contributed by atoms with E-state index in [1.807, 2.05) is 75.6 Å². The van der Waals surface area contributed by atoms with Crippen molar-refractivity contribution < 1.29 is 23.5 Å². The van der Waals surface area contributed by atoms with Gasteiger partial charge in [-0.1, -0.05) is 31.2 Å². The number of nitrogens with zero attached hydrogens (tertiary/aromatic N) is 4. The molecule has 4 aromatic rings. The van der Waals surface area contributed by atoms with Crippen LogP contribution in [-0.4, -0.2) is 63.1 Å². The summed E-state index contributed by atoms with van der Waals surface area (Å²) in [6.07, 6.45) is 1.94. The Balaban J connectivity index is 1.62. The molecular formula is C32H35FN4O4. The summed E-state index contributed by atoms with van der Waals surface area (Å²) in [6.45, 7) is 10.7. The molecule has 1 saturated heterocycles. The first kappa shape index (κ1) is 28.1. The number of halogens is 1. The van der Waals surface area contributed by atoms with Crippen LogP contribution in [0.4, 0.5) is 9.18 Å². The summed E-state index contributed by atoms with van der Waals surface area (Å²) in [6, 6.07) is 15.8. The molecule has 2 aromatic heterocycles. The molecule has 0 bridgehead atoms. The Hall–Kier alpha value is -4.40. The molecule has 214 valence electrons. The first-order valence-electron chi connectivity index (χ1n) is 13.9. The predicted octanol–water partition coefficient (Wildman–Crippen LogP) is 6.52. The maximum absolute atomic E-state index is 14.3. The fraction of sp³-hybridized carbons (Fsp3) is 0.344. The van der Waals surface area contributed by atoms with Gasteiger partial charge in [0.25, 0.3) is 5.91 Å². The number of piperazine rings is 1. The van der Waals surface area contributed by atoms with E-state index in [1.165, 1.54) is 12.1 Å². The lowest BCUT2D eigenvalue weighted by molar-refractivity contribution is 0.0140. The number of hydrogen-bond acceptors (Lipinski definition) is 5. The minimum absolute atomic E-state index is 0.231. The molecule has 1 fully saturated rings. The number of hydrogen-bond donors (Lipinski definition) is 0. The van der Waals surface area contributed by atoms with Gasteiger partial charge in [-0.15, -0.1) is 0 Å². The lowest BCUT2D eigenvalue weighted by atomic mass is 10.1. The van der Waals surface area contributed by atoms with Crippen LogP contribution < -0.4 is 4.74 Å². The molecule has 0 N–H and O–H groups in total. The minimum atomic E-state index is -0.602. The molecule has 5 rings (SSSR count). The van der Waals surface area contributed by atoms with Crippen LogP contribution in [-0.2, 0) is 11.2 Å². The molecule has 0 unspecified atom stereocenters. The second kappa shape index (κ2) is 11.2. The molecular weight excluding hydrogens is 523 g/mol. The summed E-state index contributed by atoms with van der Waals surface area (Å²) in [5, 5.41) is 0.698. The van der Waals surface area contributed by atoms with Gasteiger partial charge in [-0.2, -0.15) is 0 Å². The third-order valence-corrected chi connectivity index (χ3v) is 7.05. The topological polar surface area (TPSA) is 76.9 Å². The Morgan fingerprint density at radius 3 is 2.32 bits per heavy atom. The highest BCUT2D eigenvalue weighted by molar-refractivity contribution is 6.11. The molecule has 0 atom stereocenters. The van der Waals surface area contributed by atoms with Gasteiger partial charge in [0.1, 0.15) is 22.7 Å². The van der Waals surface area contributed by atoms with Crippen LogP contribution in [0.1, 0.15) is 49.3 Å². The van der Waals surface area contributed by atoms with E-state index in [0.29, 0.717) is 55.2 Å². The molecule has 3 heterocycles. The number of rotatable bonds is 5. The van der Waals surface area contributed by atoms with Gasteiger partial charge in [0.05, 0.1) is 11.2 Å². The van der Waals surface area contributed by atoms with E-state index in [0.717, 1.165) is 22.5 Å². The van der Waals surface area contributed by atoms with E-state index in [4.69, 9.17) is 9.47 Å². The Morgan fingerprint density at radius 1 is 0.976 bits per heavy atom. The fourth-order valence-electron chi connectivity index (χ4n) is 5.03. The molecule has 0 aliphatic carbocycles. The predicted molar refractivity (Wildman–Crippen MR) is 155 cm³/mol. The van der Waals surface area contributed by atoms with Crippen molar-refractivity contribution >= 4 is 22.9 Å². The second-order valence-electron chi connectivity index (χ2n) is 11.1. The Morgan fingerprint density at radius 2 is 1.66 bits per heavy atom. The van der Waals surface area contributed by atoms with E-state index in [-0.39, 0.29) is 5.91 Å². The van der Waals surface area contributed by atoms with Crippen LogP contribution in [0.5, 0.6) is 11.6 Å². The summed E-state index contributed by atoms with van der Waals surface area (Å²) in [7, 11) is 0. The molecule has 0 radical (unpaired) electrons. The molecule has 0 saturated carbocycles. The Labute approximate surface area is 239 Å². The van der Waals surface area contributed by atoms with E-state index in [2.05, 4.69) is 4.98 Å². The van der Waals surface area contributed by atoms with Crippen LogP contribution in [0, 0.1) is 12.7 Å². The average Bonchev–Trinajstić information content (AvgIpc) is 3.28. The number of benzene rings is 2. The molecule has 41 heavy (non-hydrogen) atoms. The van der Waals surface area contributed by atoms with E-state index in [1.54, 1.807) is 22.1 Å². The molecule has 2 aromatic carbocycles. The van der Waals surface area contributed by atoms with Gasteiger partial charge in [0, 0.05) is 49.5 Å². The molecule has 9 heteroatoms. The van der Waals surface area contributed by atoms with Gasteiger partial charge >= 0.3 is 6.09 Å². The van der Waals surface area contributed by atoms with E-state index in [9.17, 15) is 14.0 Å². The maximum atomic E-state index is 14.3. The van der Waals surface area contributed by atoms with Gasteiger partial charge in [-0.3, -0.25) is 14.3 Å². The lowest BCUT2D eigenvalue weighted by Gasteiger charge is -2.35. The van der Waals surface area contributed by atoms with Crippen LogP contribution >= 0.6 is 0 Å². The van der Waals surface area contributed by atoms with E-state index >= 15 is 0 Å². The summed E-state index contributed by atoms with van der Waals surface area (Å²) >= 11 is 0. The van der Waals surface area contributed by atoms with Crippen LogP contribution in [0.2, 0.25) is 0 Å². The monoisotopic (exact) mass is 558 g/mol. The van der Waals surface area contributed by atoms with Crippen LogP contribution in [0.25, 0.3) is 16.6 Å². The summed E-state index contributed by atoms with van der Waals surface area (Å²) in [5.74, 6) is -0.0529. The molecule has 1 aliphatic rings. The number of carbonyl (C=O) groups excluding carboxylic acids is 2. The fourth-order valence-corrected chi connectivity index (χ4v) is 5.03. The van der Waals surface area contributed by atoms with Crippen molar-refractivity contribution in [2.45, 2.75) is 46.6 Å². The maximum Gasteiger partial charge on any atom is 0.410 e. The minimum Gasteiger partial charge on any atom is -0.444 e. The third-order valence-electron chi connectivity index (χ3n) is 7.05. The smallest absolute Gasteiger partial charge is 0.410 e. The lowest BCUT2D eigenvalue weighted by Crippen LogP contribution is -2.51. The Kier molecular flexibility index (Phi) is 7.71. The van der Waals surface area contributed by atoms with Crippen molar-refractivity contribution in [1.29, 1.82) is 0 Å². The summed E-state index contributed by atoms with van der Waals surface area (Å²) in [5.41, 5.74) is 2.86. The zero-order valence-corrected chi connectivity index (χ0v) is 24.1. The van der Waals surface area contributed by atoms with Gasteiger partial charge in [0.2, 0.25) is 5.88 Å². The van der Waals surface area contributed by atoms with Gasteiger partial charge in [-0.05, 0) is 63.9 Å². The largest absolute Gasteiger partial charge is 0.444 e. The van der Waals surface area contributed by atoms with E-state index < -0.39 is 17.5 Å². The zero-order chi connectivity index (χ0) is 29.3. The standard InChI is InChI=1S/C32H35FN4O4/c1-6-25-28-24(14-15-34-25)27(29(38)35-16-18-36(19-17-35)31(39)41-32(3,4)5)30(37(28)23-10-8-7-9-11-23)40-26-20-22(33)13-12-21(26)2/h7-15,20H,6,16-19H2,1-5H3. The van der Waals surface area contributed by atoms with Crippen molar-refractivity contribution in [2.24, 2.45) is 0 Å². The number of para-hydroxylation sites is 1. The average molecular weight is 559 g/mol. The molecule has 1 aliphatic heterocycles. The number of aromatic nitrogens is 2. The molecule has 8 nitrogen and oxygen atoms in total. The highest BCUT2D eigenvalue weighted by atomic mass is 19.1. The number of ether oxygens (including phenoxy) is 2. The number of pyridine rings is 1. The van der Waals surface area contributed by atoms with Crippen molar-refractivity contribution in [1.82, 2.24) is 19.4 Å². The van der Waals surface area contributed by atoms with Crippen molar-refractivity contribution in [3.8, 4) is 17.3 Å². The van der Waals surface area contributed by atoms with Crippen molar-refractivity contribution in [3.05, 3.63) is 83.4 Å². The highest BCUT2D eigenvalue weighted by Gasteiger charge is 2.33. The van der Waals surface area contributed by atoms with Crippen molar-refractivity contribution in [3.63, 3.8) is 0 Å². The zero-order valence-electron chi connectivity index (χ0n) is 24.1. The SMILES string of the molecule is CCc1nccc2c(C(=O)N3CCN(C(=O)OC(C)(C)C)CC3)c(Oc3cc(F)ccc3C)n(-c3ccccc3)c12. The van der Waals surface area contributed by atoms with Crippen molar-refractivity contribution in [2.75, 3.05) is 26.2 Å². The first-order chi connectivity index (χ1) is 19.6. The number of aryl methyl sites for hydroxylation is 2. The first-order valence-corrected chi connectivity index (χ1v) is 13.9. The quantitative estimate of drug-likeness (QED) is 0.279. The number of carbonyl (C=O) groups is 2. The van der Waals surface area contributed by atoms with Crippen LogP contribution in [0.15, 0.2) is 60.8 Å². The number of amides is 2.